The smallest absolute Gasteiger partial charge is 0.326 e. The number of fused-ring (bicyclic) bond motifs is 1. The number of benzene rings is 3. The van der Waals surface area contributed by atoms with Crippen molar-refractivity contribution in [3.8, 4) is 11.5 Å². The third kappa shape index (κ3) is 6.71. The van der Waals surface area contributed by atoms with Gasteiger partial charge in [0.1, 0.15) is 30.3 Å². The summed E-state index contributed by atoms with van der Waals surface area (Å²) in [7, 11) is -4.29. The van der Waals surface area contributed by atoms with Gasteiger partial charge >= 0.3 is 10.2 Å². The summed E-state index contributed by atoms with van der Waals surface area (Å²) in [4.78, 5) is 26.1. The molecular formula is C29H33FN4O6S. The normalized spacial score (nSPS) is 18.4. The molecule has 0 aliphatic carbocycles. The van der Waals surface area contributed by atoms with Crippen LogP contribution in [0.1, 0.15) is 25.3 Å². The zero-order valence-electron chi connectivity index (χ0n) is 22.8. The zero-order valence-corrected chi connectivity index (χ0v) is 23.6. The largest absolute Gasteiger partial charge is 0.493 e. The number of carbonyl (C=O) groups excluding carboxylic acids is 2. The van der Waals surface area contributed by atoms with E-state index in [9.17, 15) is 18.0 Å². The molecule has 0 saturated carbocycles. The third-order valence-electron chi connectivity index (χ3n) is 7.09. The van der Waals surface area contributed by atoms with Gasteiger partial charge in [0.25, 0.3) is 5.91 Å². The molecule has 218 valence electrons. The molecule has 0 unspecified atom stereocenters. The zero-order chi connectivity index (χ0) is 29.0. The fourth-order valence-corrected chi connectivity index (χ4v) is 6.20. The Hall–Kier alpha value is -3.90. The van der Waals surface area contributed by atoms with Crippen molar-refractivity contribution in [1.29, 1.82) is 0 Å². The first-order valence-electron chi connectivity index (χ1n) is 13.6. The number of hydrogen-bond donors (Lipinski definition) is 2. The predicted octanol–water partition coefficient (Wildman–Crippen LogP) is 2.97. The average molecular weight is 585 g/mol. The molecular weight excluding hydrogens is 551 g/mol. The van der Waals surface area contributed by atoms with Crippen molar-refractivity contribution in [3.63, 3.8) is 0 Å². The van der Waals surface area contributed by atoms with Gasteiger partial charge in [-0.3, -0.25) is 14.5 Å². The fraction of sp³-hybridized carbons (Fsp3) is 0.379. The molecule has 0 aromatic heterocycles. The molecule has 41 heavy (non-hydrogen) atoms. The molecule has 2 aliphatic rings. The lowest BCUT2D eigenvalue weighted by atomic mass is 10.1. The number of halogens is 1. The highest BCUT2D eigenvalue weighted by molar-refractivity contribution is 7.92. The molecule has 3 aromatic carbocycles. The van der Waals surface area contributed by atoms with E-state index in [0.29, 0.717) is 35.1 Å². The van der Waals surface area contributed by atoms with Gasteiger partial charge in [0, 0.05) is 24.4 Å². The minimum absolute atomic E-state index is 0.00150. The summed E-state index contributed by atoms with van der Waals surface area (Å²) in [6.45, 7) is 4.46. The Kier molecular flexibility index (Phi) is 8.60. The molecule has 2 heterocycles. The summed E-state index contributed by atoms with van der Waals surface area (Å²) in [6.07, 6.45) is 1.77. The molecule has 0 bridgehead atoms. The Labute approximate surface area is 238 Å². The Morgan fingerprint density at radius 1 is 1.15 bits per heavy atom. The summed E-state index contributed by atoms with van der Waals surface area (Å²) < 4.78 is 56.0. The Bertz CT molecular complexity index is 1540. The molecule has 2 fully saturated rings. The quantitative estimate of drug-likeness (QED) is 0.356. The van der Waals surface area contributed by atoms with Crippen molar-refractivity contribution in [3.05, 3.63) is 66.0 Å². The number of nitrogens with zero attached hydrogens (tertiary/aromatic N) is 2. The Balaban J connectivity index is 1.35. The molecule has 0 radical (unpaired) electrons. The standard InChI is InChI=1S/C29H33FN4O6S/c1-2-11-31-26(35)16-33-12-10-21(15-33)19-39-23-9-8-22-13-25(40-18-20-6-4-3-5-7-20)29(28(30)24(22)14-23)34-17-27(36)32-41(34,37)38/h3-9,13-14,21H,2,10-12,15-19H2,1H3,(H,31,35)(H,32,36)/t21-/m1/s1. The second kappa shape index (κ2) is 12.3. The van der Waals surface area contributed by atoms with Crippen molar-refractivity contribution in [2.24, 2.45) is 5.92 Å². The van der Waals surface area contributed by atoms with Crippen LogP contribution in [0.3, 0.4) is 0 Å². The molecule has 1 atom stereocenters. The van der Waals surface area contributed by atoms with Crippen molar-refractivity contribution < 1.29 is 31.9 Å². The van der Waals surface area contributed by atoms with Crippen LogP contribution in [0.2, 0.25) is 0 Å². The maximum Gasteiger partial charge on any atom is 0.326 e. The number of ether oxygens (including phenoxy) is 2. The number of anilines is 1. The SMILES string of the molecule is CCCNC(=O)CN1CC[C@@H](COc2ccc3cc(OCc4ccccc4)c(N4CC(=O)NS4(=O)=O)c(F)c3c2)C1. The lowest BCUT2D eigenvalue weighted by Gasteiger charge is -2.21. The second-order valence-corrected chi connectivity index (χ2v) is 11.9. The topological polar surface area (TPSA) is 117 Å². The van der Waals surface area contributed by atoms with E-state index in [4.69, 9.17) is 9.47 Å². The lowest BCUT2D eigenvalue weighted by molar-refractivity contribution is -0.122. The van der Waals surface area contributed by atoms with Crippen LogP contribution in [0.25, 0.3) is 10.8 Å². The fourth-order valence-electron chi connectivity index (χ4n) is 5.04. The maximum atomic E-state index is 16.1. The van der Waals surface area contributed by atoms with Gasteiger partial charge < -0.3 is 14.8 Å². The Morgan fingerprint density at radius 2 is 1.95 bits per heavy atom. The summed E-state index contributed by atoms with van der Waals surface area (Å²) >= 11 is 0. The number of rotatable bonds is 11. The monoisotopic (exact) mass is 584 g/mol. The maximum absolute atomic E-state index is 16.1. The highest BCUT2D eigenvalue weighted by atomic mass is 32.2. The molecule has 12 heteroatoms. The van der Waals surface area contributed by atoms with Gasteiger partial charge in [-0.25, -0.2) is 13.4 Å². The van der Waals surface area contributed by atoms with E-state index in [2.05, 4.69) is 10.2 Å². The van der Waals surface area contributed by atoms with Crippen LogP contribution in [0.5, 0.6) is 11.5 Å². The van der Waals surface area contributed by atoms with Crippen LogP contribution in [0, 0.1) is 11.7 Å². The highest BCUT2D eigenvalue weighted by Crippen LogP contribution is 2.40. The lowest BCUT2D eigenvalue weighted by Crippen LogP contribution is -2.36. The number of amides is 2. The van der Waals surface area contributed by atoms with Gasteiger partial charge in [-0.05, 0) is 48.5 Å². The molecule has 10 nitrogen and oxygen atoms in total. The van der Waals surface area contributed by atoms with Crippen molar-refractivity contribution >= 4 is 38.5 Å². The second-order valence-electron chi connectivity index (χ2n) is 10.3. The van der Waals surface area contributed by atoms with E-state index >= 15 is 4.39 Å². The summed E-state index contributed by atoms with van der Waals surface area (Å²) in [5, 5.41) is 3.51. The first kappa shape index (κ1) is 28.6. The van der Waals surface area contributed by atoms with E-state index in [1.165, 1.54) is 6.07 Å². The molecule has 3 aromatic rings. The first-order valence-corrected chi connectivity index (χ1v) is 15.1. The van der Waals surface area contributed by atoms with Gasteiger partial charge in [-0.2, -0.15) is 8.42 Å². The summed E-state index contributed by atoms with van der Waals surface area (Å²) in [5.74, 6) is -0.936. The van der Waals surface area contributed by atoms with Gasteiger partial charge in [-0.1, -0.05) is 43.3 Å². The van der Waals surface area contributed by atoms with Crippen molar-refractivity contribution in [2.75, 3.05) is 43.6 Å². The van der Waals surface area contributed by atoms with Crippen LogP contribution in [0.15, 0.2) is 54.6 Å². The van der Waals surface area contributed by atoms with E-state index in [-0.39, 0.29) is 35.3 Å². The van der Waals surface area contributed by atoms with E-state index in [1.54, 1.807) is 18.2 Å². The van der Waals surface area contributed by atoms with Crippen LogP contribution in [0.4, 0.5) is 10.1 Å². The molecule has 2 amide bonds. The summed E-state index contributed by atoms with van der Waals surface area (Å²) in [5.41, 5.74) is 0.477. The van der Waals surface area contributed by atoms with E-state index < -0.39 is 28.5 Å². The van der Waals surface area contributed by atoms with E-state index in [1.807, 2.05) is 42.0 Å². The van der Waals surface area contributed by atoms with Crippen LogP contribution < -0.4 is 23.8 Å². The van der Waals surface area contributed by atoms with Gasteiger partial charge in [0.15, 0.2) is 5.82 Å². The van der Waals surface area contributed by atoms with Gasteiger partial charge in [0.2, 0.25) is 5.91 Å². The van der Waals surface area contributed by atoms with Crippen LogP contribution >= 0.6 is 0 Å². The number of carbonyl (C=O) groups is 2. The molecule has 2 aliphatic heterocycles. The van der Waals surface area contributed by atoms with E-state index in [0.717, 1.165) is 31.5 Å². The Morgan fingerprint density at radius 3 is 2.68 bits per heavy atom. The van der Waals surface area contributed by atoms with Gasteiger partial charge in [0.05, 0.1) is 13.2 Å². The molecule has 2 saturated heterocycles. The third-order valence-corrected chi connectivity index (χ3v) is 8.47. The molecule has 5 rings (SSSR count). The predicted molar refractivity (Wildman–Crippen MR) is 152 cm³/mol. The minimum Gasteiger partial charge on any atom is -0.493 e. The average Bonchev–Trinajstić information content (AvgIpc) is 3.51. The number of likely N-dealkylation sites (tertiary alicyclic amines) is 1. The number of nitrogens with one attached hydrogen (secondary N) is 2. The van der Waals surface area contributed by atoms with Crippen LogP contribution in [-0.4, -0.2) is 64.5 Å². The number of hydrogen-bond acceptors (Lipinski definition) is 7. The summed E-state index contributed by atoms with van der Waals surface area (Å²) in [6, 6.07) is 15.7. The van der Waals surface area contributed by atoms with Crippen molar-refractivity contribution in [1.82, 2.24) is 14.9 Å². The van der Waals surface area contributed by atoms with Crippen molar-refractivity contribution in [2.45, 2.75) is 26.4 Å². The molecule has 2 N–H and O–H groups in total. The van der Waals surface area contributed by atoms with Gasteiger partial charge in [-0.15, -0.1) is 0 Å². The first-order chi connectivity index (χ1) is 19.7. The molecule has 0 spiro atoms. The van der Waals surface area contributed by atoms with Crippen LogP contribution in [-0.2, 0) is 26.4 Å². The highest BCUT2D eigenvalue weighted by Gasteiger charge is 2.38. The minimum atomic E-state index is -4.29.